The third kappa shape index (κ3) is 4.52. The van der Waals surface area contributed by atoms with E-state index in [1.54, 1.807) is 12.2 Å². The van der Waals surface area contributed by atoms with Crippen LogP contribution in [-0.2, 0) is 4.79 Å². The molecule has 0 saturated carbocycles. The fourth-order valence-corrected chi connectivity index (χ4v) is 4.00. The van der Waals surface area contributed by atoms with Crippen LogP contribution in [0.3, 0.4) is 0 Å². The van der Waals surface area contributed by atoms with Crippen LogP contribution in [0.1, 0.15) is 15.9 Å². The Kier molecular flexibility index (Phi) is 5.97. The van der Waals surface area contributed by atoms with E-state index in [0.717, 1.165) is 50.4 Å². The van der Waals surface area contributed by atoms with E-state index in [0.29, 0.717) is 11.1 Å². The van der Waals surface area contributed by atoms with Crippen molar-refractivity contribution >= 4 is 29.5 Å². The minimum atomic E-state index is 0.0130. The predicted molar refractivity (Wildman–Crippen MR) is 115 cm³/mol. The number of hydrogen-bond donors (Lipinski definition) is 0. The molecule has 2 aliphatic heterocycles. The lowest BCUT2D eigenvalue weighted by Crippen LogP contribution is -2.64. The molecule has 2 amide bonds. The van der Waals surface area contributed by atoms with Crippen molar-refractivity contribution in [1.82, 2.24) is 14.7 Å². The molecular weight excluding hydrogens is 386 g/mol. The minimum Gasteiger partial charge on any atom is -0.336 e. The predicted octanol–water partition coefficient (Wildman–Crippen LogP) is 3.02. The molecule has 2 heterocycles. The first kappa shape index (κ1) is 19.7. The molecule has 2 fully saturated rings. The fourth-order valence-electron chi connectivity index (χ4n) is 3.80. The normalized spacial score (nSPS) is 18.1. The largest absolute Gasteiger partial charge is 0.336 e. The van der Waals surface area contributed by atoms with Gasteiger partial charge in [0.25, 0.3) is 5.91 Å². The Labute approximate surface area is 176 Å². The van der Waals surface area contributed by atoms with Crippen LogP contribution in [0.5, 0.6) is 0 Å². The summed E-state index contributed by atoms with van der Waals surface area (Å²) in [5.74, 6) is 0.111. The third-order valence-electron chi connectivity index (χ3n) is 5.62. The molecule has 0 atom stereocenters. The topological polar surface area (TPSA) is 43.9 Å². The van der Waals surface area contributed by atoms with Crippen molar-refractivity contribution in [3.8, 4) is 0 Å². The van der Waals surface area contributed by atoms with Gasteiger partial charge in [-0.1, -0.05) is 48.0 Å². The number of nitrogens with zero attached hydrogens (tertiary/aromatic N) is 3. The summed E-state index contributed by atoms with van der Waals surface area (Å²) in [6, 6.07) is 17.3. The highest BCUT2D eigenvalue weighted by Gasteiger charge is 2.35. The summed E-state index contributed by atoms with van der Waals surface area (Å²) in [5, 5.41) is 0.640. The van der Waals surface area contributed by atoms with Gasteiger partial charge >= 0.3 is 0 Å². The van der Waals surface area contributed by atoms with Gasteiger partial charge in [0.1, 0.15) is 0 Å². The molecular formula is C23H24ClN3O2. The van der Waals surface area contributed by atoms with E-state index in [2.05, 4.69) is 4.90 Å². The number of carbonyl (C=O) groups is 2. The molecule has 2 aromatic carbocycles. The monoisotopic (exact) mass is 409 g/mol. The van der Waals surface area contributed by atoms with Crippen molar-refractivity contribution in [3.63, 3.8) is 0 Å². The fraction of sp³-hybridized carbons (Fsp3) is 0.304. The van der Waals surface area contributed by atoms with E-state index in [1.807, 2.05) is 64.4 Å². The zero-order chi connectivity index (χ0) is 20.2. The van der Waals surface area contributed by atoms with Crippen LogP contribution in [0.2, 0.25) is 5.02 Å². The van der Waals surface area contributed by atoms with Gasteiger partial charge in [-0.3, -0.25) is 14.5 Å². The molecule has 0 spiro atoms. The highest BCUT2D eigenvalue weighted by molar-refractivity contribution is 6.32. The molecule has 0 bridgehead atoms. The number of likely N-dealkylation sites (tertiary alicyclic amines) is 1. The molecule has 4 rings (SSSR count). The summed E-state index contributed by atoms with van der Waals surface area (Å²) in [4.78, 5) is 31.1. The highest BCUT2D eigenvalue weighted by atomic mass is 35.5. The van der Waals surface area contributed by atoms with Crippen LogP contribution in [0, 0.1) is 0 Å². The van der Waals surface area contributed by atoms with E-state index < -0.39 is 0 Å². The lowest BCUT2D eigenvalue weighted by Gasteiger charge is -2.47. The van der Waals surface area contributed by atoms with E-state index in [1.165, 1.54) is 0 Å². The number of hydrogen-bond acceptors (Lipinski definition) is 3. The first-order valence-electron chi connectivity index (χ1n) is 9.92. The number of amides is 2. The smallest absolute Gasteiger partial charge is 0.253 e. The van der Waals surface area contributed by atoms with Gasteiger partial charge in [-0.2, -0.15) is 0 Å². The van der Waals surface area contributed by atoms with Crippen LogP contribution >= 0.6 is 11.6 Å². The summed E-state index contributed by atoms with van der Waals surface area (Å²) < 4.78 is 0. The second kappa shape index (κ2) is 8.80. The molecule has 0 aromatic heterocycles. The van der Waals surface area contributed by atoms with E-state index in [4.69, 9.17) is 11.6 Å². The van der Waals surface area contributed by atoms with Gasteiger partial charge in [-0.25, -0.2) is 0 Å². The lowest BCUT2D eigenvalue weighted by molar-refractivity contribution is -0.133. The SMILES string of the molecule is O=C(/C=C/c1ccccc1Cl)N1CC(N2CCN(C(=O)c3ccccc3)CC2)C1. The number of benzene rings is 2. The summed E-state index contributed by atoms with van der Waals surface area (Å²) in [7, 11) is 0. The molecule has 29 heavy (non-hydrogen) atoms. The van der Waals surface area contributed by atoms with E-state index in [9.17, 15) is 9.59 Å². The average molecular weight is 410 g/mol. The van der Waals surface area contributed by atoms with Crippen LogP contribution in [0.25, 0.3) is 6.08 Å². The maximum atomic E-state index is 12.6. The van der Waals surface area contributed by atoms with Crippen LogP contribution in [-0.4, -0.2) is 71.8 Å². The Morgan fingerprint density at radius 1 is 0.862 bits per heavy atom. The second-order valence-electron chi connectivity index (χ2n) is 7.45. The molecule has 0 N–H and O–H groups in total. The van der Waals surface area contributed by atoms with Gasteiger partial charge in [0, 0.05) is 62.0 Å². The zero-order valence-corrected chi connectivity index (χ0v) is 17.0. The molecule has 150 valence electrons. The van der Waals surface area contributed by atoms with Crippen molar-refractivity contribution in [3.05, 3.63) is 76.8 Å². The standard InChI is InChI=1S/C23H24ClN3O2/c24-21-9-5-4-6-18(21)10-11-22(28)27-16-20(17-27)25-12-14-26(15-13-25)23(29)19-7-2-1-3-8-19/h1-11,20H,12-17H2/b11-10+. The Morgan fingerprint density at radius 2 is 1.52 bits per heavy atom. The highest BCUT2D eigenvalue weighted by Crippen LogP contribution is 2.20. The second-order valence-corrected chi connectivity index (χ2v) is 7.85. The molecule has 2 aromatic rings. The molecule has 0 radical (unpaired) electrons. The zero-order valence-electron chi connectivity index (χ0n) is 16.2. The quantitative estimate of drug-likeness (QED) is 0.729. The number of carbonyl (C=O) groups excluding carboxylic acids is 2. The number of piperazine rings is 1. The summed E-state index contributed by atoms with van der Waals surface area (Å²) >= 11 is 6.12. The number of halogens is 1. The number of rotatable bonds is 4. The Bertz CT molecular complexity index is 901. The Hall–Kier alpha value is -2.63. The van der Waals surface area contributed by atoms with Crippen molar-refractivity contribution in [2.75, 3.05) is 39.3 Å². The van der Waals surface area contributed by atoms with Crippen molar-refractivity contribution < 1.29 is 9.59 Å². The Balaban J connectivity index is 1.23. The van der Waals surface area contributed by atoms with Crippen molar-refractivity contribution in [2.45, 2.75) is 6.04 Å². The van der Waals surface area contributed by atoms with Crippen LogP contribution in [0.15, 0.2) is 60.7 Å². The van der Waals surface area contributed by atoms with Gasteiger partial charge < -0.3 is 9.80 Å². The van der Waals surface area contributed by atoms with Gasteiger partial charge in [0.15, 0.2) is 0 Å². The molecule has 5 nitrogen and oxygen atoms in total. The summed E-state index contributed by atoms with van der Waals surface area (Å²) in [5.41, 5.74) is 1.59. The van der Waals surface area contributed by atoms with Crippen LogP contribution in [0.4, 0.5) is 0 Å². The van der Waals surface area contributed by atoms with Crippen molar-refractivity contribution in [2.24, 2.45) is 0 Å². The lowest BCUT2D eigenvalue weighted by atomic mass is 10.1. The molecule has 0 unspecified atom stereocenters. The molecule has 2 saturated heterocycles. The van der Waals surface area contributed by atoms with Gasteiger partial charge in [-0.15, -0.1) is 0 Å². The van der Waals surface area contributed by atoms with Gasteiger partial charge in [-0.05, 0) is 29.8 Å². The maximum absolute atomic E-state index is 12.6. The average Bonchev–Trinajstić information content (AvgIpc) is 2.73. The van der Waals surface area contributed by atoms with E-state index >= 15 is 0 Å². The Morgan fingerprint density at radius 3 is 2.21 bits per heavy atom. The van der Waals surface area contributed by atoms with E-state index in [-0.39, 0.29) is 11.8 Å². The molecule has 0 aliphatic carbocycles. The first-order valence-corrected chi connectivity index (χ1v) is 10.3. The maximum Gasteiger partial charge on any atom is 0.253 e. The third-order valence-corrected chi connectivity index (χ3v) is 5.97. The van der Waals surface area contributed by atoms with Gasteiger partial charge in [0.05, 0.1) is 0 Å². The van der Waals surface area contributed by atoms with Crippen LogP contribution < -0.4 is 0 Å². The summed E-state index contributed by atoms with van der Waals surface area (Å²) in [6.07, 6.45) is 3.36. The van der Waals surface area contributed by atoms with Crippen molar-refractivity contribution in [1.29, 1.82) is 0 Å². The minimum absolute atomic E-state index is 0.0130. The molecule has 6 heteroatoms. The summed E-state index contributed by atoms with van der Waals surface area (Å²) in [6.45, 7) is 4.62. The molecule has 2 aliphatic rings. The van der Waals surface area contributed by atoms with Gasteiger partial charge in [0.2, 0.25) is 5.91 Å². The first-order chi connectivity index (χ1) is 14.1.